The highest BCUT2D eigenvalue weighted by atomic mass is 16.2. The van der Waals surface area contributed by atoms with Gasteiger partial charge in [-0.1, -0.05) is 30.3 Å². The van der Waals surface area contributed by atoms with E-state index in [2.05, 4.69) is 10.6 Å². The van der Waals surface area contributed by atoms with Gasteiger partial charge in [0.25, 0.3) is 0 Å². The van der Waals surface area contributed by atoms with Crippen LogP contribution in [0.2, 0.25) is 0 Å². The number of nitrogens with one attached hydrogen (secondary N) is 2. The van der Waals surface area contributed by atoms with Crippen LogP contribution >= 0.6 is 0 Å². The normalized spacial score (nSPS) is 10.5. The van der Waals surface area contributed by atoms with Crippen LogP contribution in [0.1, 0.15) is 35.0 Å². The van der Waals surface area contributed by atoms with Crippen molar-refractivity contribution >= 4 is 17.7 Å². The average Bonchev–Trinajstić information content (AvgIpc) is 3.04. The largest absolute Gasteiger partial charge is 0.334 e. The van der Waals surface area contributed by atoms with Gasteiger partial charge in [-0.05, 0) is 43.7 Å². The zero-order valence-corrected chi connectivity index (χ0v) is 17.4. The molecular weight excluding hydrogens is 396 g/mol. The maximum Gasteiger partial charge on any atom is 0.332 e. The van der Waals surface area contributed by atoms with Crippen LogP contribution in [0.5, 0.6) is 0 Å². The van der Waals surface area contributed by atoms with Crippen LogP contribution in [0.25, 0.3) is 5.69 Å². The lowest BCUT2D eigenvalue weighted by atomic mass is 10.1. The molecule has 0 radical (unpaired) electrons. The third-order valence-electron chi connectivity index (χ3n) is 4.79. The Bertz CT molecular complexity index is 1140. The fourth-order valence-corrected chi connectivity index (χ4v) is 3.17. The third kappa shape index (κ3) is 5.57. The Hall–Kier alpha value is -3.94. The number of ketones is 1. The van der Waals surface area contributed by atoms with E-state index in [1.54, 1.807) is 37.4 Å². The number of nitrogens with zero attached hydrogens (tertiary/aromatic N) is 2. The second-order valence-corrected chi connectivity index (χ2v) is 7.15. The number of urea groups is 1. The Morgan fingerprint density at radius 2 is 1.65 bits per heavy atom. The van der Waals surface area contributed by atoms with Crippen LogP contribution < -0.4 is 16.3 Å². The molecule has 0 aliphatic rings. The number of hydrogen-bond acceptors (Lipinski definition) is 4. The predicted molar refractivity (Wildman–Crippen MR) is 116 cm³/mol. The summed E-state index contributed by atoms with van der Waals surface area (Å²) < 4.78 is 2.93. The van der Waals surface area contributed by atoms with E-state index in [0.717, 1.165) is 5.56 Å². The predicted octanol–water partition coefficient (Wildman–Crippen LogP) is 2.57. The van der Waals surface area contributed by atoms with E-state index < -0.39 is 11.9 Å². The maximum absolute atomic E-state index is 12.8. The minimum absolute atomic E-state index is 0.0224. The Morgan fingerprint density at radius 1 is 0.968 bits per heavy atom. The van der Waals surface area contributed by atoms with Gasteiger partial charge in [0.1, 0.15) is 0 Å². The number of aryl methyl sites for hydroxylation is 2. The van der Waals surface area contributed by atoms with Crippen molar-refractivity contribution in [2.24, 2.45) is 0 Å². The lowest BCUT2D eigenvalue weighted by Gasteiger charge is -2.07. The molecule has 8 nitrogen and oxygen atoms in total. The smallest absolute Gasteiger partial charge is 0.332 e. The highest BCUT2D eigenvalue weighted by Gasteiger charge is 2.13. The number of aromatic nitrogens is 2. The van der Waals surface area contributed by atoms with Crippen molar-refractivity contribution in [2.45, 2.75) is 33.4 Å². The number of rotatable bonds is 7. The van der Waals surface area contributed by atoms with Crippen molar-refractivity contribution in [2.75, 3.05) is 0 Å². The van der Waals surface area contributed by atoms with Gasteiger partial charge in [0.2, 0.25) is 5.91 Å². The zero-order valence-electron chi connectivity index (χ0n) is 17.4. The fourth-order valence-electron chi connectivity index (χ4n) is 3.17. The monoisotopic (exact) mass is 420 g/mol. The lowest BCUT2D eigenvalue weighted by molar-refractivity contribution is -0.120. The molecule has 3 rings (SSSR count). The number of carbonyl (C=O) groups is 3. The molecule has 0 saturated heterocycles. The summed E-state index contributed by atoms with van der Waals surface area (Å²) in [6.07, 6.45) is 1.63. The molecule has 0 atom stereocenters. The summed E-state index contributed by atoms with van der Waals surface area (Å²) in [4.78, 5) is 48.2. The highest BCUT2D eigenvalue weighted by Crippen LogP contribution is 2.11. The van der Waals surface area contributed by atoms with Crippen molar-refractivity contribution in [3.8, 4) is 5.69 Å². The van der Waals surface area contributed by atoms with Crippen LogP contribution in [0.15, 0.2) is 65.6 Å². The molecule has 0 bridgehead atoms. The van der Waals surface area contributed by atoms with Gasteiger partial charge >= 0.3 is 11.7 Å². The first kappa shape index (κ1) is 21.8. The summed E-state index contributed by atoms with van der Waals surface area (Å²) in [5, 5.41) is 4.89. The van der Waals surface area contributed by atoms with Crippen LogP contribution in [0.3, 0.4) is 0 Å². The standard InChI is InChI=1S/C23H24N4O4/c1-16-15-26(23(31)27(16)20-10-8-19(9-11-20)17(2)28)13-12-21(29)25-22(30)24-14-18-6-4-3-5-7-18/h3-11,15H,12-14H2,1-2H3,(H2,24,25,29,30). The number of imidazole rings is 1. The first-order valence-electron chi connectivity index (χ1n) is 9.87. The number of hydrogen-bond donors (Lipinski definition) is 2. The van der Waals surface area contributed by atoms with Gasteiger partial charge in [-0.15, -0.1) is 0 Å². The molecule has 160 valence electrons. The lowest BCUT2D eigenvalue weighted by Crippen LogP contribution is -2.39. The second kappa shape index (κ2) is 9.71. The fraction of sp³-hybridized carbons (Fsp3) is 0.217. The Balaban J connectivity index is 1.57. The van der Waals surface area contributed by atoms with Gasteiger partial charge < -0.3 is 5.32 Å². The van der Waals surface area contributed by atoms with Crippen molar-refractivity contribution < 1.29 is 14.4 Å². The molecule has 3 amide bonds. The molecule has 2 aromatic carbocycles. The number of imide groups is 1. The molecule has 0 saturated carbocycles. The number of carbonyl (C=O) groups excluding carboxylic acids is 3. The highest BCUT2D eigenvalue weighted by molar-refractivity contribution is 5.94. The molecule has 0 aliphatic carbocycles. The van der Waals surface area contributed by atoms with E-state index in [4.69, 9.17) is 0 Å². The van der Waals surface area contributed by atoms with Crippen molar-refractivity contribution in [3.63, 3.8) is 0 Å². The molecule has 0 spiro atoms. The zero-order chi connectivity index (χ0) is 22.4. The third-order valence-corrected chi connectivity index (χ3v) is 4.79. The molecule has 0 unspecified atom stereocenters. The first-order chi connectivity index (χ1) is 14.8. The van der Waals surface area contributed by atoms with Crippen LogP contribution in [-0.4, -0.2) is 26.9 Å². The molecule has 31 heavy (non-hydrogen) atoms. The maximum atomic E-state index is 12.8. The van der Waals surface area contributed by atoms with E-state index in [1.165, 1.54) is 16.1 Å². The van der Waals surface area contributed by atoms with Crippen molar-refractivity contribution in [1.29, 1.82) is 0 Å². The van der Waals surface area contributed by atoms with Crippen LogP contribution in [-0.2, 0) is 17.9 Å². The van der Waals surface area contributed by atoms with Gasteiger partial charge in [0.15, 0.2) is 5.78 Å². The van der Waals surface area contributed by atoms with Gasteiger partial charge in [0, 0.05) is 37.0 Å². The van der Waals surface area contributed by atoms with Crippen LogP contribution in [0, 0.1) is 6.92 Å². The topological polar surface area (TPSA) is 102 Å². The second-order valence-electron chi connectivity index (χ2n) is 7.15. The molecule has 0 fully saturated rings. The van der Waals surface area contributed by atoms with Gasteiger partial charge in [-0.3, -0.25) is 24.0 Å². The molecular formula is C23H24N4O4. The molecule has 1 aromatic heterocycles. The summed E-state index contributed by atoms with van der Waals surface area (Å²) in [5.41, 5.74) is 2.52. The molecule has 1 heterocycles. The quantitative estimate of drug-likeness (QED) is 0.574. The van der Waals surface area contributed by atoms with Crippen LogP contribution in [0.4, 0.5) is 4.79 Å². The average molecular weight is 420 g/mol. The summed E-state index contributed by atoms with van der Waals surface area (Å²) in [7, 11) is 0. The Morgan fingerprint density at radius 3 is 2.29 bits per heavy atom. The van der Waals surface area contributed by atoms with Crippen molar-refractivity contribution in [1.82, 2.24) is 19.8 Å². The van der Waals surface area contributed by atoms with E-state index in [9.17, 15) is 19.2 Å². The van der Waals surface area contributed by atoms with Gasteiger partial charge in [0.05, 0.1) is 5.69 Å². The Labute approximate surface area is 179 Å². The Kier molecular flexibility index (Phi) is 6.81. The molecule has 3 aromatic rings. The minimum Gasteiger partial charge on any atom is -0.334 e. The van der Waals surface area contributed by atoms with Gasteiger partial charge in [-0.2, -0.15) is 0 Å². The van der Waals surface area contributed by atoms with E-state index in [0.29, 0.717) is 23.5 Å². The molecule has 0 aliphatic heterocycles. The SMILES string of the molecule is CC(=O)c1ccc(-n2c(C)cn(CCC(=O)NC(=O)NCc3ccccc3)c2=O)cc1. The summed E-state index contributed by atoms with van der Waals surface area (Å²) in [6, 6.07) is 15.5. The number of Topliss-reactive ketones (excluding diaryl/α,β-unsaturated/α-hetero) is 1. The molecule has 2 N–H and O–H groups in total. The molecule has 8 heteroatoms. The number of amides is 3. The summed E-state index contributed by atoms with van der Waals surface area (Å²) in [6.45, 7) is 3.71. The van der Waals surface area contributed by atoms with E-state index in [-0.39, 0.29) is 24.4 Å². The number of benzene rings is 2. The first-order valence-corrected chi connectivity index (χ1v) is 9.87. The minimum atomic E-state index is -0.583. The van der Waals surface area contributed by atoms with Crippen molar-refractivity contribution in [3.05, 3.63) is 88.1 Å². The van der Waals surface area contributed by atoms with E-state index >= 15 is 0 Å². The van der Waals surface area contributed by atoms with Gasteiger partial charge in [-0.25, -0.2) is 9.59 Å². The summed E-state index contributed by atoms with van der Waals surface area (Å²) in [5.74, 6) is -0.527. The summed E-state index contributed by atoms with van der Waals surface area (Å²) >= 11 is 0. The van der Waals surface area contributed by atoms with E-state index in [1.807, 2.05) is 30.3 Å².